The molecule has 96 valence electrons. The van der Waals surface area contributed by atoms with Gasteiger partial charge in [0.2, 0.25) is 0 Å². The first kappa shape index (κ1) is 14.4. The minimum atomic E-state index is -0.507. The van der Waals surface area contributed by atoms with Gasteiger partial charge in [0.05, 0.1) is 29.5 Å². The van der Waals surface area contributed by atoms with Crippen molar-refractivity contribution >= 4 is 13.3 Å². The summed E-state index contributed by atoms with van der Waals surface area (Å²) in [7, 11) is -0.507. The molecule has 1 aliphatic heterocycles. The van der Waals surface area contributed by atoms with Crippen LogP contribution in [0.4, 0.5) is 0 Å². The van der Waals surface area contributed by atoms with E-state index < -0.39 is 18.3 Å². The van der Waals surface area contributed by atoms with E-state index in [2.05, 4.69) is 0 Å². The first-order valence-electron chi connectivity index (χ1n) is 5.84. The van der Waals surface area contributed by atoms with Crippen molar-refractivity contribution in [3.05, 3.63) is 11.7 Å². The highest BCUT2D eigenvalue weighted by atomic mass is 16.7. The molecule has 0 bridgehead atoms. The molecule has 5 nitrogen and oxygen atoms in total. The van der Waals surface area contributed by atoms with Crippen LogP contribution in [0.25, 0.3) is 0 Å². The molecule has 0 spiro atoms. The molecule has 6 heteroatoms. The van der Waals surface area contributed by atoms with Gasteiger partial charge in [0.15, 0.2) is 0 Å². The lowest BCUT2D eigenvalue weighted by atomic mass is 9.79. The molecule has 0 radical (unpaired) electrons. The second-order valence-electron chi connectivity index (χ2n) is 5.15. The fourth-order valence-electron chi connectivity index (χ4n) is 1.47. The van der Waals surface area contributed by atoms with Crippen molar-refractivity contribution in [2.45, 2.75) is 38.9 Å². The Balaban J connectivity index is 2.74. The average molecular weight is 241 g/mol. The van der Waals surface area contributed by atoms with Crippen LogP contribution >= 0.6 is 0 Å². The third-order valence-electron chi connectivity index (χ3n) is 3.30. The minimum absolute atomic E-state index is 0.102. The maximum atomic E-state index is 8.70. The van der Waals surface area contributed by atoms with Gasteiger partial charge in [-0.25, -0.2) is 0 Å². The molecule has 1 heterocycles. The Morgan fingerprint density at radius 1 is 1.29 bits per heavy atom. The summed E-state index contributed by atoms with van der Waals surface area (Å²) in [6.07, 6.45) is 3.00. The van der Waals surface area contributed by atoms with Gasteiger partial charge in [-0.1, -0.05) is 0 Å². The van der Waals surface area contributed by atoms with E-state index in [-0.39, 0.29) is 6.61 Å². The number of quaternary nitrogens is 1. The van der Waals surface area contributed by atoms with Crippen LogP contribution in [0.1, 0.15) is 27.7 Å². The highest BCUT2D eigenvalue weighted by molar-refractivity contribution is 6.60. The fraction of sp³-hybridized carbons (Fsp3) is 0.727. The highest BCUT2D eigenvalue weighted by Gasteiger charge is 2.52. The van der Waals surface area contributed by atoms with Crippen molar-refractivity contribution in [1.29, 1.82) is 5.41 Å². The quantitative estimate of drug-likeness (QED) is 0.351. The zero-order valence-electron chi connectivity index (χ0n) is 11.0. The zero-order valence-corrected chi connectivity index (χ0v) is 11.0. The van der Waals surface area contributed by atoms with Gasteiger partial charge in [0.1, 0.15) is 6.54 Å². The topological polar surface area (TPSA) is 79.2 Å². The van der Waals surface area contributed by atoms with Gasteiger partial charge >= 0.3 is 7.12 Å². The maximum Gasteiger partial charge on any atom is 0.501 e. The number of hydrogen-bond donors (Lipinski definition) is 3. The summed E-state index contributed by atoms with van der Waals surface area (Å²) in [5.41, 5.74) is -0.120. The summed E-state index contributed by atoms with van der Waals surface area (Å²) in [4.78, 5) is 0. The first-order chi connectivity index (χ1) is 7.84. The van der Waals surface area contributed by atoms with Crippen molar-refractivity contribution in [2.24, 2.45) is 0 Å². The minimum Gasteiger partial charge on any atom is -0.399 e. The lowest BCUT2D eigenvalue weighted by molar-refractivity contribution is -0.589. The normalized spacial score (nSPS) is 22.9. The largest absolute Gasteiger partial charge is 0.501 e. The number of nitrogens with one attached hydrogen (secondary N) is 1. The van der Waals surface area contributed by atoms with Gasteiger partial charge in [-0.3, -0.25) is 0 Å². The standard InChI is InChI=1S/C11H21BN2O3/c1-10(2)11(3,4)17-12(16-10)9(7-13)8-14-5-6-15/h7-8,13-15H,5-6H2,1-4H3/p+1. The van der Waals surface area contributed by atoms with Crippen LogP contribution in [-0.2, 0) is 9.31 Å². The molecule has 0 aromatic rings. The number of hydrogen-bond acceptors (Lipinski definition) is 4. The molecule has 0 aliphatic carbocycles. The van der Waals surface area contributed by atoms with Crippen LogP contribution in [0.3, 0.4) is 0 Å². The fourth-order valence-corrected chi connectivity index (χ4v) is 1.47. The predicted molar refractivity (Wildman–Crippen MR) is 66.8 cm³/mol. The summed E-state index contributed by atoms with van der Waals surface area (Å²) in [6.45, 7) is 8.58. The van der Waals surface area contributed by atoms with E-state index in [4.69, 9.17) is 19.8 Å². The molecule has 4 N–H and O–H groups in total. The molecule has 1 fully saturated rings. The van der Waals surface area contributed by atoms with Gasteiger partial charge in [-0.15, -0.1) is 0 Å². The molecule has 0 aromatic heterocycles. The van der Waals surface area contributed by atoms with Gasteiger partial charge in [-0.2, -0.15) is 0 Å². The number of aliphatic hydroxyl groups excluding tert-OH is 1. The molecule has 1 rings (SSSR count). The summed E-state index contributed by atoms with van der Waals surface area (Å²) >= 11 is 0. The first-order valence-corrected chi connectivity index (χ1v) is 5.84. The second kappa shape index (κ2) is 5.31. The Morgan fingerprint density at radius 2 is 1.82 bits per heavy atom. The highest BCUT2D eigenvalue weighted by Crippen LogP contribution is 2.37. The van der Waals surface area contributed by atoms with Crippen molar-refractivity contribution < 1.29 is 19.7 Å². The molecule has 0 unspecified atom stereocenters. The van der Waals surface area contributed by atoms with Crippen molar-refractivity contribution in [3.63, 3.8) is 0 Å². The summed E-state index contributed by atoms with van der Waals surface area (Å²) < 4.78 is 11.6. The number of aliphatic hydroxyl groups is 1. The number of nitrogens with two attached hydrogens (primary N) is 1. The van der Waals surface area contributed by atoms with Crippen LogP contribution in [-0.4, -0.2) is 42.8 Å². The van der Waals surface area contributed by atoms with Crippen LogP contribution in [0.15, 0.2) is 11.7 Å². The molecule has 0 aromatic carbocycles. The van der Waals surface area contributed by atoms with Gasteiger partial charge in [-0.05, 0) is 27.7 Å². The Labute approximate surface area is 103 Å². The smallest absolute Gasteiger partial charge is 0.399 e. The Hall–Kier alpha value is -0.685. The second-order valence-corrected chi connectivity index (χ2v) is 5.15. The van der Waals surface area contributed by atoms with E-state index in [1.54, 1.807) is 6.20 Å². The van der Waals surface area contributed by atoms with E-state index in [0.29, 0.717) is 12.0 Å². The van der Waals surface area contributed by atoms with Crippen LogP contribution in [0, 0.1) is 5.41 Å². The molecule has 1 aliphatic rings. The summed E-state index contributed by atoms with van der Waals surface area (Å²) in [5, 5.41) is 17.9. The monoisotopic (exact) mass is 241 g/mol. The predicted octanol–water partition coefficient (Wildman–Crippen LogP) is -0.293. The average Bonchev–Trinajstić information content (AvgIpc) is 2.43. The van der Waals surface area contributed by atoms with Crippen molar-refractivity contribution in [1.82, 2.24) is 0 Å². The van der Waals surface area contributed by atoms with E-state index in [1.165, 1.54) is 6.21 Å². The molecule has 1 saturated heterocycles. The van der Waals surface area contributed by atoms with Crippen LogP contribution < -0.4 is 5.32 Å². The lowest BCUT2D eigenvalue weighted by Gasteiger charge is -2.32. The molecule has 0 atom stereocenters. The van der Waals surface area contributed by atoms with E-state index in [1.807, 2.05) is 33.0 Å². The van der Waals surface area contributed by atoms with E-state index in [0.717, 1.165) is 0 Å². The van der Waals surface area contributed by atoms with Crippen molar-refractivity contribution in [2.75, 3.05) is 13.2 Å². The third kappa shape index (κ3) is 3.16. The van der Waals surface area contributed by atoms with Gasteiger partial charge in [0, 0.05) is 6.21 Å². The Morgan fingerprint density at radius 3 is 2.24 bits per heavy atom. The number of rotatable bonds is 5. The molecular weight excluding hydrogens is 219 g/mol. The Kier molecular flexibility index (Phi) is 4.49. The Bertz CT molecular complexity index is 300. The van der Waals surface area contributed by atoms with Gasteiger partial charge in [0.25, 0.3) is 0 Å². The SMILES string of the molecule is CC1(C)OB(C(C=N)=C[NH2+]CCO)OC1(C)C. The van der Waals surface area contributed by atoms with Crippen molar-refractivity contribution in [3.8, 4) is 0 Å². The van der Waals surface area contributed by atoms with E-state index >= 15 is 0 Å². The number of allylic oxidation sites excluding steroid dienone is 1. The van der Waals surface area contributed by atoms with Gasteiger partial charge < -0.3 is 25.1 Å². The molecule has 17 heavy (non-hydrogen) atoms. The van der Waals surface area contributed by atoms with Crippen LogP contribution in [0.2, 0.25) is 0 Å². The maximum absolute atomic E-state index is 8.70. The molecule has 0 amide bonds. The molecule has 0 saturated carbocycles. The summed E-state index contributed by atoms with van der Waals surface area (Å²) in [6, 6.07) is 0. The third-order valence-corrected chi connectivity index (χ3v) is 3.30. The zero-order chi connectivity index (χ0) is 13.1. The summed E-state index contributed by atoms with van der Waals surface area (Å²) in [5.74, 6) is 0. The lowest BCUT2D eigenvalue weighted by Crippen LogP contribution is -2.79. The van der Waals surface area contributed by atoms with Crippen LogP contribution in [0.5, 0.6) is 0 Å². The molecular formula is C11H22BN2O3+. The van der Waals surface area contributed by atoms with E-state index in [9.17, 15) is 0 Å².